The first kappa shape index (κ1) is 27.4. The van der Waals surface area contributed by atoms with Crippen LogP contribution >= 0.6 is 0 Å². The van der Waals surface area contributed by atoms with Crippen LogP contribution in [0.2, 0.25) is 0 Å². The number of nitrogens with zero attached hydrogens (tertiary/aromatic N) is 6. The molecule has 4 atom stereocenters. The molecule has 0 bridgehead atoms. The molecule has 3 aliphatic heterocycles. The minimum atomic E-state index is -0.837. The Morgan fingerprint density at radius 1 is 1.15 bits per heavy atom. The number of Topliss-reactive ketones (excluding diaryl/α,β-unsaturated/α-hetero) is 1. The predicted molar refractivity (Wildman–Crippen MR) is 146 cm³/mol. The fourth-order valence-corrected chi connectivity index (χ4v) is 6.20. The molecule has 4 fully saturated rings. The summed E-state index contributed by atoms with van der Waals surface area (Å²) in [6, 6.07) is 6.05. The second-order valence-corrected chi connectivity index (χ2v) is 12.4. The Labute approximate surface area is 229 Å². The molecule has 39 heavy (non-hydrogen) atoms. The highest BCUT2D eigenvalue weighted by atomic mass is 16.5. The SMILES string of the molecule is CC(C)(C)C[C@H](NC(=O)c1ccc(N2CCN(C3CCC3)CC2)cc1)C(=O)N1C[C@H](N=[N+]=[N-])[C@H]2OCC(=O)[C@H]21. The summed E-state index contributed by atoms with van der Waals surface area (Å²) in [7, 11) is 0. The average Bonchev–Trinajstić information content (AvgIpc) is 3.43. The van der Waals surface area contributed by atoms with E-state index in [4.69, 9.17) is 10.3 Å². The molecule has 2 amide bonds. The highest BCUT2D eigenvalue weighted by Gasteiger charge is 2.53. The molecule has 0 aromatic heterocycles. The van der Waals surface area contributed by atoms with E-state index in [1.807, 2.05) is 32.9 Å². The van der Waals surface area contributed by atoms with Gasteiger partial charge in [-0.05, 0) is 54.5 Å². The van der Waals surface area contributed by atoms with Crippen LogP contribution in [0.25, 0.3) is 10.4 Å². The predicted octanol–water partition coefficient (Wildman–Crippen LogP) is 2.75. The number of ketones is 1. The number of hydrogen-bond donors (Lipinski definition) is 1. The van der Waals surface area contributed by atoms with Gasteiger partial charge in [-0.3, -0.25) is 19.3 Å². The van der Waals surface area contributed by atoms with Gasteiger partial charge in [0.1, 0.15) is 18.7 Å². The number of amides is 2. The molecular formula is C28H39N7O4. The van der Waals surface area contributed by atoms with Gasteiger partial charge in [0.25, 0.3) is 5.91 Å². The molecule has 3 saturated heterocycles. The Kier molecular flexibility index (Phi) is 7.84. The summed E-state index contributed by atoms with van der Waals surface area (Å²) >= 11 is 0. The monoisotopic (exact) mass is 537 g/mol. The fraction of sp³-hybridized carbons (Fsp3) is 0.679. The largest absolute Gasteiger partial charge is 0.369 e. The normalized spacial score (nSPS) is 26.5. The Bertz CT molecular complexity index is 1130. The lowest BCUT2D eigenvalue weighted by Gasteiger charge is -2.43. The third-order valence-electron chi connectivity index (χ3n) is 8.46. The van der Waals surface area contributed by atoms with Crippen LogP contribution in [-0.4, -0.2) is 97.0 Å². The Morgan fingerprint density at radius 3 is 2.44 bits per heavy atom. The summed E-state index contributed by atoms with van der Waals surface area (Å²) in [6.07, 6.45) is 3.72. The highest BCUT2D eigenvalue weighted by molar-refractivity contribution is 5.99. The van der Waals surface area contributed by atoms with Crippen molar-refractivity contribution in [3.63, 3.8) is 0 Å². The zero-order valence-corrected chi connectivity index (χ0v) is 23.1. The molecule has 5 rings (SSSR count). The van der Waals surface area contributed by atoms with Gasteiger partial charge < -0.3 is 19.9 Å². The van der Waals surface area contributed by atoms with Crippen LogP contribution in [0.15, 0.2) is 29.4 Å². The van der Waals surface area contributed by atoms with Gasteiger partial charge in [0.05, 0.1) is 12.1 Å². The van der Waals surface area contributed by atoms with Crippen LogP contribution in [0.4, 0.5) is 5.69 Å². The molecule has 0 unspecified atom stereocenters. The molecule has 3 heterocycles. The van der Waals surface area contributed by atoms with Crippen molar-refractivity contribution >= 4 is 23.3 Å². The van der Waals surface area contributed by atoms with E-state index in [2.05, 4.69) is 25.1 Å². The van der Waals surface area contributed by atoms with Gasteiger partial charge in [-0.2, -0.15) is 0 Å². The number of hydrogen-bond acceptors (Lipinski definition) is 7. The number of nitrogens with one attached hydrogen (secondary N) is 1. The molecule has 1 saturated carbocycles. The molecule has 11 heteroatoms. The first-order valence-electron chi connectivity index (χ1n) is 14.0. The van der Waals surface area contributed by atoms with Gasteiger partial charge in [-0.1, -0.05) is 32.3 Å². The Hall–Kier alpha value is -3.14. The van der Waals surface area contributed by atoms with Gasteiger partial charge in [-0.25, -0.2) is 0 Å². The summed E-state index contributed by atoms with van der Waals surface area (Å²) in [5.41, 5.74) is 10.2. The van der Waals surface area contributed by atoms with Crippen molar-refractivity contribution in [2.75, 3.05) is 44.2 Å². The van der Waals surface area contributed by atoms with Gasteiger partial charge in [0.15, 0.2) is 5.78 Å². The van der Waals surface area contributed by atoms with E-state index in [-0.39, 0.29) is 36.2 Å². The molecule has 1 aromatic carbocycles. The molecule has 0 radical (unpaired) electrons. The second-order valence-electron chi connectivity index (χ2n) is 12.4. The summed E-state index contributed by atoms with van der Waals surface area (Å²) in [6.45, 7) is 10.0. The van der Waals surface area contributed by atoms with Crippen molar-refractivity contribution in [3.05, 3.63) is 40.3 Å². The molecular weight excluding hydrogens is 498 g/mol. The molecule has 4 aliphatic rings. The Morgan fingerprint density at radius 2 is 1.85 bits per heavy atom. The van der Waals surface area contributed by atoms with E-state index in [1.165, 1.54) is 24.2 Å². The van der Waals surface area contributed by atoms with E-state index in [9.17, 15) is 14.4 Å². The number of ether oxygens (including phenoxy) is 1. The minimum absolute atomic E-state index is 0.0865. The number of carbonyl (C=O) groups excluding carboxylic acids is 3. The third-order valence-corrected chi connectivity index (χ3v) is 8.46. The number of carbonyl (C=O) groups is 3. The summed E-state index contributed by atoms with van der Waals surface area (Å²) in [5.74, 6) is -0.909. The van der Waals surface area contributed by atoms with Gasteiger partial charge >= 0.3 is 0 Å². The zero-order chi connectivity index (χ0) is 27.7. The number of azide groups is 1. The average molecular weight is 538 g/mol. The van der Waals surface area contributed by atoms with Gasteiger partial charge in [0, 0.05) is 54.9 Å². The summed E-state index contributed by atoms with van der Waals surface area (Å²) < 4.78 is 5.55. The quantitative estimate of drug-likeness (QED) is 0.323. The maximum absolute atomic E-state index is 13.7. The topological polar surface area (TPSA) is 131 Å². The van der Waals surface area contributed by atoms with Crippen molar-refractivity contribution in [3.8, 4) is 0 Å². The van der Waals surface area contributed by atoms with Crippen molar-refractivity contribution in [1.82, 2.24) is 15.1 Å². The van der Waals surface area contributed by atoms with E-state index < -0.39 is 24.2 Å². The summed E-state index contributed by atoms with van der Waals surface area (Å²) in [4.78, 5) is 48.9. The van der Waals surface area contributed by atoms with Crippen LogP contribution in [0.1, 0.15) is 56.8 Å². The molecule has 0 spiro atoms. The van der Waals surface area contributed by atoms with Crippen LogP contribution < -0.4 is 10.2 Å². The first-order valence-corrected chi connectivity index (χ1v) is 14.0. The van der Waals surface area contributed by atoms with Crippen LogP contribution in [-0.2, 0) is 14.3 Å². The van der Waals surface area contributed by atoms with E-state index >= 15 is 0 Å². The molecule has 1 N–H and O–H groups in total. The number of rotatable bonds is 7. The van der Waals surface area contributed by atoms with Gasteiger partial charge in [0.2, 0.25) is 5.91 Å². The minimum Gasteiger partial charge on any atom is -0.369 e. The molecule has 1 aliphatic carbocycles. The van der Waals surface area contributed by atoms with Crippen LogP contribution in [0, 0.1) is 5.41 Å². The maximum atomic E-state index is 13.7. The number of anilines is 1. The van der Waals surface area contributed by atoms with Crippen molar-refractivity contribution < 1.29 is 19.1 Å². The van der Waals surface area contributed by atoms with Crippen LogP contribution in [0.3, 0.4) is 0 Å². The first-order chi connectivity index (χ1) is 18.6. The lowest BCUT2D eigenvalue weighted by molar-refractivity contribution is -0.138. The number of fused-ring (bicyclic) bond motifs is 1. The van der Waals surface area contributed by atoms with E-state index in [0.717, 1.165) is 37.9 Å². The Balaban J connectivity index is 1.25. The smallest absolute Gasteiger partial charge is 0.251 e. The maximum Gasteiger partial charge on any atom is 0.251 e. The molecule has 11 nitrogen and oxygen atoms in total. The summed E-state index contributed by atoms with van der Waals surface area (Å²) in [5, 5.41) is 6.69. The standard InChI is InChI=1S/C28H39N7O4/c1-28(2,3)15-21(27(38)35-16-22(31-32-29)25-24(35)23(36)17-39-25)30-26(37)18-7-9-20(10-8-18)34-13-11-33(12-14-34)19-5-4-6-19/h7-10,19,21-22,24-25H,4-6,11-17H2,1-3H3,(H,30,37)/t21-,22-,24+,25+/m0/s1. The lowest BCUT2D eigenvalue weighted by atomic mass is 9.87. The molecule has 210 valence electrons. The van der Waals surface area contributed by atoms with Crippen molar-refractivity contribution in [1.29, 1.82) is 0 Å². The van der Waals surface area contributed by atoms with Crippen LogP contribution in [0.5, 0.6) is 0 Å². The molecule has 1 aromatic rings. The number of piperazine rings is 1. The van der Waals surface area contributed by atoms with E-state index in [0.29, 0.717) is 12.0 Å². The zero-order valence-electron chi connectivity index (χ0n) is 23.1. The number of benzene rings is 1. The van der Waals surface area contributed by atoms with E-state index in [1.54, 1.807) is 12.1 Å². The fourth-order valence-electron chi connectivity index (χ4n) is 6.20. The van der Waals surface area contributed by atoms with Crippen molar-refractivity contribution in [2.45, 2.75) is 76.7 Å². The van der Waals surface area contributed by atoms with Crippen molar-refractivity contribution in [2.24, 2.45) is 10.5 Å². The van der Waals surface area contributed by atoms with Gasteiger partial charge in [-0.15, -0.1) is 0 Å². The number of likely N-dealkylation sites (tertiary alicyclic amines) is 1. The highest BCUT2D eigenvalue weighted by Crippen LogP contribution is 2.32. The second kappa shape index (κ2) is 11.2. The third kappa shape index (κ3) is 5.90. The lowest BCUT2D eigenvalue weighted by Crippen LogP contribution is -2.53.